The summed E-state index contributed by atoms with van der Waals surface area (Å²) in [5.41, 5.74) is -2.90. The smallest absolute Gasteiger partial charge is 0.357 e. The van der Waals surface area contributed by atoms with E-state index in [1.807, 2.05) is 0 Å². The summed E-state index contributed by atoms with van der Waals surface area (Å²) in [6.07, 6.45) is -1.67. The zero-order chi connectivity index (χ0) is 12.1. The first-order valence-corrected chi connectivity index (χ1v) is 3.74. The molecule has 0 unspecified atom stereocenters. The van der Waals surface area contributed by atoms with Crippen LogP contribution >= 0.6 is 0 Å². The number of hydrogen-bond donors (Lipinski definition) is 4. The van der Waals surface area contributed by atoms with Crippen LogP contribution in [0.1, 0.15) is 12.8 Å². The standard InChI is InChI=1S/C7H9NO7/c9-2-1-4(10)8-7(15,6(13)14)3-5(11)12/h2,15H,1,3H2,(H,8,10)(H,11,12)(H,13,14)/t7-/m1/s1. The number of amides is 1. The van der Waals surface area contributed by atoms with Gasteiger partial charge in [-0.2, -0.15) is 0 Å². The van der Waals surface area contributed by atoms with Crippen LogP contribution in [-0.2, 0) is 19.2 Å². The third-order valence-corrected chi connectivity index (χ3v) is 1.38. The van der Waals surface area contributed by atoms with Crippen molar-refractivity contribution >= 4 is 24.1 Å². The van der Waals surface area contributed by atoms with Crippen LogP contribution in [-0.4, -0.2) is 45.2 Å². The summed E-state index contributed by atoms with van der Waals surface area (Å²) in [5, 5.41) is 27.5. The lowest BCUT2D eigenvalue weighted by Crippen LogP contribution is -2.55. The number of carbonyl (C=O) groups is 4. The molecule has 4 N–H and O–H groups in total. The van der Waals surface area contributed by atoms with Gasteiger partial charge in [0.25, 0.3) is 0 Å². The van der Waals surface area contributed by atoms with E-state index in [2.05, 4.69) is 0 Å². The van der Waals surface area contributed by atoms with Crippen molar-refractivity contribution in [1.82, 2.24) is 5.32 Å². The molecule has 8 heteroatoms. The van der Waals surface area contributed by atoms with Crippen molar-refractivity contribution in [3.05, 3.63) is 0 Å². The average Bonchev–Trinajstić information content (AvgIpc) is 2.01. The number of aliphatic hydroxyl groups is 1. The predicted molar refractivity (Wildman–Crippen MR) is 43.7 cm³/mol. The fourth-order valence-electron chi connectivity index (χ4n) is 0.749. The van der Waals surface area contributed by atoms with Crippen LogP contribution in [0.4, 0.5) is 0 Å². The van der Waals surface area contributed by atoms with E-state index >= 15 is 0 Å². The van der Waals surface area contributed by atoms with Crippen LogP contribution in [0.5, 0.6) is 0 Å². The van der Waals surface area contributed by atoms with Gasteiger partial charge in [0.15, 0.2) is 0 Å². The quantitative estimate of drug-likeness (QED) is 0.228. The molecular formula is C7H9NO7. The molecule has 1 amide bonds. The van der Waals surface area contributed by atoms with Crippen molar-refractivity contribution in [2.24, 2.45) is 0 Å². The first kappa shape index (κ1) is 13.0. The Hall–Kier alpha value is -1.96. The third kappa shape index (κ3) is 4.18. The van der Waals surface area contributed by atoms with Crippen molar-refractivity contribution in [3.8, 4) is 0 Å². The molecule has 0 aliphatic carbocycles. The minimum Gasteiger partial charge on any atom is -0.481 e. The summed E-state index contributed by atoms with van der Waals surface area (Å²) >= 11 is 0. The average molecular weight is 219 g/mol. The van der Waals surface area contributed by atoms with Crippen LogP contribution in [0.15, 0.2) is 0 Å². The summed E-state index contributed by atoms with van der Waals surface area (Å²) < 4.78 is 0. The maximum atomic E-state index is 10.8. The number of nitrogens with one attached hydrogen (secondary N) is 1. The molecule has 0 heterocycles. The van der Waals surface area contributed by atoms with Gasteiger partial charge in [0.05, 0.1) is 6.42 Å². The first-order valence-electron chi connectivity index (χ1n) is 3.74. The molecule has 0 saturated heterocycles. The Morgan fingerprint density at radius 1 is 1.27 bits per heavy atom. The zero-order valence-electron chi connectivity index (χ0n) is 7.47. The summed E-state index contributed by atoms with van der Waals surface area (Å²) in [6.45, 7) is 0. The topological polar surface area (TPSA) is 141 Å². The molecule has 0 fully saturated rings. The van der Waals surface area contributed by atoms with Gasteiger partial charge in [-0.1, -0.05) is 0 Å². The molecule has 0 spiro atoms. The molecule has 0 aliphatic rings. The predicted octanol–water partition coefficient (Wildman–Crippen LogP) is -2.06. The minimum atomic E-state index is -2.90. The van der Waals surface area contributed by atoms with E-state index in [4.69, 9.17) is 10.2 Å². The van der Waals surface area contributed by atoms with Crippen LogP contribution in [0.2, 0.25) is 0 Å². The van der Waals surface area contributed by atoms with Gasteiger partial charge in [-0.3, -0.25) is 9.59 Å². The molecule has 1 atom stereocenters. The molecule has 0 bridgehead atoms. The summed E-state index contributed by atoms with van der Waals surface area (Å²) in [4.78, 5) is 41.4. The molecule has 0 rings (SSSR count). The SMILES string of the molecule is O=CCC(=O)N[C@@](O)(CC(=O)O)C(=O)O. The second kappa shape index (κ2) is 5.05. The lowest BCUT2D eigenvalue weighted by Gasteiger charge is -2.22. The Balaban J connectivity index is 4.65. The van der Waals surface area contributed by atoms with E-state index in [-0.39, 0.29) is 6.29 Å². The number of carboxylic acids is 2. The lowest BCUT2D eigenvalue weighted by atomic mass is 10.1. The van der Waals surface area contributed by atoms with E-state index < -0.39 is 36.4 Å². The molecule has 0 aromatic heterocycles. The number of hydrogen-bond acceptors (Lipinski definition) is 5. The lowest BCUT2D eigenvalue weighted by molar-refractivity contribution is -0.171. The van der Waals surface area contributed by atoms with Crippen LogP contribution < -0.4 is 5.32 Å². The Morgan fingerprint density at radius 2 is 1.80 bits per heavy atom. The molecule has 0 aromatic rings. The van der Waals surface area contributed by atoms with Crippen molar-refractivity contribution in [2.45, 2.75) is 18.6 Å². The van der Waals surface area contributed by atoms with Crippen LogP contribution in [0.3, 0.4) is 0 Å². The molecule has 0 aromatic carbocycles. The van der Waals surface area contributed by atoms with Gasteiger partial charge in [-0.05, 0) is 0 Å². The van der Waals surface area contributed by atoms with Crippen molar-refractivity contribution in [2.75, 3.05) is 0 Å². The monoisotopic (exact) mass is 219 g/mol. The first-order chi connectivity index (χ1) is 6.81. The van der Waals surface area contributed by atoms with E-state index in [1.54, 1.807) is 0 Å². The largest absolute Gasteiger partial charge is 0.481 e. The number of rotatable bonds is 6. The van der Waals surface area contributed by atoms with Crippen molar-refractivity contribution in [3.63, 3.8) is 0 Å². The Bertz CT molecular complexity index is 300. The van der Waals surface area contributed by atoms with Gasteiger partial charge in [-0.25, -0.2) is 4.79 Å². The van der Waals surface area contributed by atoms with Crippen molar-refractivity contribution in [1.29, 1.82) is 0 Å². The maximum Gasteiger partial charge on any atom is 0.357 e. The molecular weight excluding hydrogens is 210 g/mol. The number of carboxylic acid groups (broad SMARTS) is 2. The molecule has 15 heavy (non-hydrogen) atoms. The van der Waals surface area contributed by atoms with Gasteiger partial charge >= 0.3 is 11.9 Å². The van der Waals surface area contributed by atoms with E-state index in [0.717, 1.165) is 0 Å². The number of aliphatic carboxylic acids is 2. The number of aldehydes is 1. The number of carbonyl (C=O) groups excluding carboxylic acids is 2. The molecule has 8 nitrogen and oxygen atoms in total. The van der Waals surface area contributed by atoms with E-state index in [1.165, 1.54) is 5.32 Å². The fraction of sp³-hybridized carbons (Fsp3) is 0.429. The van der Waals surface area contributed by atoms with E-state index in [9.17, 15) is 24.3 Å². The zero-order valence-corrected chi connectivity index (χ0v) is 7.47. The van der Waals surface area contributed by atoms with Gasteiger partial charge < -0.3 is 25.4 Å². The Labute approximate surface area is 83.5 Å². The fourth-order valence-corrected chi connectivity index (χ4v) is 0.749. The van der Waals surface area contributed by atoms with Gasteiger partial charge in [0.2, 0.25) is 11.6 Å². The summed E-state index contributed by atoms with van der Waals surface area (Å²) in [5.74, 6) is -4.59. The van der Waals surface area contributed by atoms with Gasteiger partial charge in [0.1, 0.15) is 12.7 Å². The highest BCUT2D eigenvalue weighted by Gasteiger charge is 2.40. The van der Waals surface area contributed by atoms with Crippen LogP contribution in [0.25, 0.3) is 0 Å². The summed E-state index contributed by atoms with van der Waals surface area (Å²) in [7, 11) is 0. The highest BCUT2D eigenvalue weighted by atomic mass is 16.4. The highest BCUT2D eigenvalue weighted by Crippen LogP contribution is 2.06. The molecule has 0 radical (unpaired) electrons. The third-order valence-electron chi connectivity index (χ3n) is 1.38. The normalized spacial score (nSPS) is 13.7. The molecule has 0 saturated carbocycles. The van der Waals surface area contributed by atoms with Crippen molar-refractivity contribution < 1.29 is 34.5 Å². The Morgan fingerprint density at radius 3 is 2.13 bits per heavy atom. The second-order valence-corrected chi connectivity index (χ2v) is 2.65. The summed E-state index contributed by atoms with van der Waals surface area (Å²) in [6, 6.07) is 0. The molecule has 84 valence electrons. The van der Waals surface area contributed by atoms with Gasteiger partial charge in [0, 0.05) is 0 Å². The maximum absolute atomic E-state index is 10.8. The second-order valence-electron chi connectivity index (χ2n) is 2.65. The highest BCUT2D eigenvalue weighted by molar-refractivity contribution is 5.93. The van der Waals surface area contributed by atoms with Crippen LogP contribution in [0, 0.1) is 0 Å². The Kier molecular flexibility index (Phi) is 4.39. The van der Waals surface area contributed by atoms with E-state index in [0.29, 0.717) is 0 Å². The molecule has 0 aliphatic heterocycles. The van der Waals surface area contributed by atoms with Gasteiger partial charge in [-0.15, -0.1) is 0 Å². The minimum absolute atomic E-state index is 0.193.